The van der Waals surface area contributed by atoms with E-state index in [4.69, 9.17) is 17.3 Å². The summed E-state index contributed by atoms with van der Waals surface area (Å²) in [5.74, 6) is -1.31. The van der Waals surface area contributed by atoms with Crippen molar-refractivity contribution in [2.45, 2.75) is 6.18 Å². The fourth-order valence-corrected chi connectivity index (χ4v) is 1.62. The highest BCUT2D eigenvalue weighted by Gasteiger charge is 2.33. The summed E-state index contributed by atoms with van der Waals surface area (Å²) in [6.45, 7) is 0. The van der Waals surface area contributed by atoms with Gasteiger partial charge >= 0.3 is 6.18 Å². The first-order valence-electron chi connectivity index (χ1n) is 5.19. The molecule has 0 fully saturated rings. The first-order valence-corrected chi connectivity index (χ1v) is 5.57. The number of nitrogens with two attached hydrogens (primary N) is 1. The van der Waals surface area contributed by atoms with E-state index in [1.165, 1.54) is 6.07 Å². The second-order valence-electron chi connectivity index (χ2n) is 3.74. The summed E-state index contributed by atoms with van der Waals surface area (Å²) in [7, 11) is 0. The Morgan fingerprint density at radius 3 is 2.45 bits per heavy atom. The molecule has 2 aromatic rings. The number of hydrogen-bond donors (Lipinski definition) is 2. The summed E-state index contributed by atoms with van der Waals surface area (Å²) < 4.78 is 50.6. The van der Waals surface area contributed by atoms with E-state index >= 15 is 0 Å². The number of nitrogen functional groups attached to an aromatic ring is 1. The molecule has 0 aliphatic heterocycles. The Morgan fingerprint density at radius 1 is 1.15 bits per heavy atom. The lowest BCUT2D eigenvalue weighted by Crippen LogP contribution is -2.12. The van der Waals surface area contributed by atoms with Crippen LogP contribution in [0.4, 0.5) is 35.0 Å². The van der Waals surface area contributed by atoms with Crippen LogP contribution in [0, 0.1) is 5.82 Å². The maximum Gasteiger partial charge on any atom is 0.433 e. The number of aromatic nitrogens is 2. The van der Waals surface area contributed by atoms with Crippen LogP contribution in [0.25, 0.3) is 0 Å². The minimum atomic E-state index is -4.65. The van der Waals surface area contributed by atoms with Crippen LogP contribution < -0.4 is 11.1 Å². The Morgan fingerprint density at radius 2 is 1.85 bits per heavy atom. The molecule has 0 bridgehead atoms. The Bertz CT molecular complexity index is 645. The van der Waals surface area contributed by atoms with Crippen molar-refractivity contribution in [3.63, 3.8) is 0 Å². The van der Waals surface area contributed by atoms with Crippen LogP contribution in [0.2, 0.25) is 5.02 Å². The molecule has 2 rings (SSSR count). The molecule has 4 nitrogen and oxygen atoms in total. The van der Waals surface area contributed by atoms with Crippen LogP contribution in [0.1, 0.15) is 5.69 Å². The second kappa shape index (κ2) is 5.12. The first-order chi connectivity index (χ1) is 9.25. The Balaban J connectivity index is 2.36. The van der Waals surface area contributed by atoms with Gasteiger partial charge in [-0.25, -0.2) is 9.37 Å². The Hall–Kier alpha value is -2.09. The molecule has 0 spiro atoms. The van der Waals surface area contributed by atoms with E-state index in [0.717, 1.165) is 12.1 Å². The topological polar surface area (TPSA) is 63.8 Å². The zero-order valence-corrected chi connectivity index (χ0v) is 10.4. The summed E-state index contributed by atoms with van der Waals surface area (Å²) in [6, 6.07) is 4.06. The standard InChI is InChI=1S/C11H7ClF4N4/c12-6-3-5(13)1-2-7(6)18-9-4-8(11(14,15)16)19-10(17)20-9/h1-4H,(H3,17,18,19,20). The third kappa shape index (κ3) is 3.27. The van der Waals surface area contributed by atoms with E-state index < -0.39 is 23.6 Å². The molecule has 1 aromatic carbocycles. The average molecular weight is 307 g/mol. The maximum absolute atomic E-state index is 12.9. The monoisotopic (exact) mass is 306 g/mol. The van der Waals surface area contributed by atoms with E-state index in [-0.39, 0.29) is 16.5 Å². The largest absolute Gasteiger partial charge is 0.433 e. The summed E-state index contributed by atoms with van der Waals surface area (Å²) in [6.07, 6.45) is -4.65. The molecular weight excluding hydrogens is 300 g/mol. The smallest absolute Gasteiger partial charge is 0.368 e. The summed E-state index contributed by atoms with van der Waals surface area (Å²) >= 11 is 5.75. The van der Waals surface area contributed by atoms with Gasteiger partial charge in [-0.15, -0.1) is 0 Å². The summed E-state index contributed by atoms with van der Waals surface area (Å²) in [5.41, 5.74) is 4.22. The SMILES string of the molecule is Nc1nc(Nc2ccc(F)cc2Cl)cc(C(F)(F)F)n1. The number of nitrogens with one attached hydrogen (secondary N) is 1. The normalized spacial score (nSPS) is 11.4. The minimum Gasteiger partial charge on any atom is -0.368 e. The number of nitrogens with zero attached hydrogens (tertiary/aromatic N) is 2. The van der Waals surface area contributed by atoms with Gasteiger partial charge in [-0.2, -0.15) is 18.2 Å². The molecule has 0 aliphatic carbocycles. The highest BCUT2D eigenvalue weighted by molar-refractivity contribution is 6.33. The van der Waals surface area contributed by atoms with Gasteiger partial charge < -0.3 is 11.1 Å². The van der Waals surface area contributed by atoms with Gasteiger partial charge in [0.2, 0.25) is 5.95 Å². The van der Waals surface area contributed by atoms with Gasteiger partial charge in [0.1, 0.15) is 11.6 Å². The third-order valence-electron chi connectivity index (χ3n) is 2.23. The van der Waals surface area contributed by atoms with Crippen LogP contribution in [-0.4, -0.2) is 9.97 Å². The second-order valence-corrected chi connectivity index (χ2v) is 4.15. The van der Waals surface area contributed by atoms with E-state index in [1.807, 2.05) is 0 Å². The maximum atomic E-state index is 12.9. The molecule has 0 aliphatic rings. The predicted octanol–water partition coefficient (Wildman–Crippen LogP) is 3.61. The molecule has 20 heavy (non-hydrogen) atoms. The van der Waals surface area contributed by atoms with Crippen molar-refractivity contribution in [1.29, 1.82) is 0 Å². The number of halogens is 5. The first kappa shape index (κ1) is 14.3. The van der Waals surface area contributed by atoms with Crippen molar-refractivity contribution in [3.05, 3.63) is 40.8 Å². The minimum absolute atomic E-state index is 0.00394. The fourth-order valence-electron chi connectivity index (χ4n) is 1.40. The number of alkyl halides is 3. The van der Waals surface area contributed by atoms with Crippen LogP contribution in [0.5, 0.6) is 0 Å². The molecule has 3 N–H and O–H groups in total. The van der Waals surface area contributed by atoms with Crippen molar-refractivity contribution in [2.75, 3.05) is 11.1 Å². The van der Waals surface area contributed by atoms with Crippen molar-refractivity contribution >= 4 is 29.1 Å². The van der Waals surface area contributed by atoms with Crippen molar-refractivity contribution in [2.24, 2.45) is 0 Å². The van der Waals surface area contributed by atoms with Gasteiger partial charge in [-0.05, 0) is 18.2 Å². The number of anilines is 3. The van der Waals surface area contributed by atoms with E-state index in [2.05, 4.69) is 15.3 Å². The molecular formula is C11H7ClF4N4. The zero-order valence-electron chi connectivity index (χ0n) is 9.67. The van der Waals surface area contributed by atoms with Gasteiger partial charge in [0.15, 0.2) is 5.69 Å². The van der Waals surface area contributed by atoms with Crippen LogP contribution in [0.15, 0.2) is 24.3 Å². The van der Waals surface area contributed by atoms with Crippen LogP contribution in [0.3, 0.4) is 0 Å². The quantitative estimate of drug-likeness (QED) is 0.832. The molecule has 0 saturated carbocycles. The zero-order chi connectivity index (χ0) is 14.9. The Kier molecular flexibility index (Phi) is 3.67. The lowest BCUT2D eigenvalue weighted by Gasteiger charge is -2.11. The predicted molar refractivity (Wildman–Crippen MR) is 66.1 cm³/mol. The molecule has 0 saturated heterocycles. The third-order valence-corrected chi connectivity index (χ3v) is 2.54. The number of rotatable bonds is 2. The molecule has 0 atom stereocenters. The van der Waals surface area contributed by atoms with Crippen LogP contribution in [-0.2, 0) is 6.18 Å². The molecule has 1 aromatic heterocycles. The van der Waals surface area contributed by atoms with Gasteiger partial charge in [-0.3, -0.25) is 0 Å². The molecule has 1 heterocycles. The fraction of sp³-hybridized carbons (Fsp3) is 0.0909. The highest BCUT2D eigenvalue weighted by Crippen LogP contribution is 2.31. The number of benzene rings is 1. The lowest BCUT2D eigenvalue weighted by molar-refractivity contribution is -0.141. The molecule has 0 unspecified atom stereocenters. The number of hydrogen-bond acceptors (Lipinski definition) is 4. The lowest BCUT2D eigenvalue weighted by atomic mass is 10.3. The van der Waals surface area contributed by atoms with Gasteiger partial charge in [0, 0.05) is 6.07 Å². The van der Waals surface area contributed by atoms with E-state index in [1.54, 1.807) is 0 Å². The van der Waals surface area contributed by atoms with Crippen molar-refractivity contribution < 1.29 is 17.6 Å². The van der Waals surface area contributed by atoms with Gasteiger partial charge in [0.25, 0.3) is 0 Å². The van der Waals surface area contributed by atoms with Crippen molar-refractivity contribution in [3.8, 4) is 0 Å². The molecule has 0 radical (unpaired) electrons. The average Bonchev–Trinajstić information content (AvgIpc) is 2.31. The Labute approximate surface area is 115 Å². The molecule has 106 valence electrons. The van der Waals surface area contributed by atoms with Crippen molar-refractivity contribution in [1.82, 2.24) is 9.97 Å². The van der Waals surface area contributed by atoms with E-state index in [9.17, 15) is 17.6 Å². The highest BCUT2D eigenvalue weighted by atomic mass is 35.5. The van der Waals surface area contributed by atoms with Gasteiger partial charge in [-0.1, -0.05) is 11.6 Å². The van der Waals surface area contributed by atoms with Crippen LogP contribution >= 0.6 is 11.6 Å². The summed E-state index contributed by atoms with van der Waals surface area (Å²) in [5, 5.41) is 2.52. The summed E-state index contributed by atoms with van der Waals surface area (Å²) in [4.78, 5) is 6.70. The molecule has 0 amide bonds. The van der Waals surface area contributed by atoms with Gasteiger partial charge in [0.05, 0.1) is 10.7 Å². The van der Waals surface area contributed by atoms with E-state index in [0.29, 0.717) is 6.07 Å². The molecule has 9 heteroatoms.